The average molecular weight is 361 g/mol. The Bertz CT molecular complexity index is 590. The second kappa shape index (κ2) is 12.5. The Morgan fingerprint density at radius 2 is 1.88 bits per heavy atom. The summed E-state index contributed by atoms with van der Waals surface area (Å²) in [4.78, 5) is 34.5. The lowest BCUT2D eigenvalue weighted by atomic mass is 10.1. The fourth-order valence-corrected chi connectivity index (χ4v) is 2.23. The summed E-state index contributed by atoms with van der Waals surface area (Å²) in [5.74, 6) is -0.789. The molecule has 0 aliphatic carbocycles. The van der Waals surface area contributed by atoms with Gasteiger partial charge in [-0.25, -0.2) is 4.79 Å². The third-order valence-electron chi connectivity index (χ3n) is 3.64. The van der Waals surface area contributed by atoms with Gasteiger partial charge in [0.05, 0.1) is 0 Å². The number of nitrogens with two attached hydrogens (primary N) is 1. The molecular formula is C19H27N3O4. The number of nitrogens with one attached hydrogen (secondary N) is 2. The molecule has 1 atom stereocenters. The van der Waals surface area contributed by atoms with Crippen LogP contribution in [-0.2, 0) is 20.9 Å². The minimum atomic E-state index is -0.707. The van der Waals surface area contributed by atoms with Crippen LogP contribution in [0.4, 0.5) is 4.79 Å². The Balaban J connectivity index is 2.06. The van der Waals surface area contributed by atoms with Gasteiger partial charge in [0.1, 0.15) is 12.6 Å². The van der Waals surface area contributed by atoms with E-state index in [1.807, 2.05) is 30.3 Å². The van der Waals surface area contributed by atoms with Crippen LogP contribution in [0.3, 0.4) is 0 Å². The fraction of sp³-hybridized carbons (Fsp3) is 0.421. The van der Waals surface area contributed by atoms with Crippen molar-refractivity contribution >= 4 is 17.9 Å². The molecule has 0 spiro atoms. The Kier molecular flexibility index (Phi) is 10.2. The Labute approximate surface area is 154 Å². The third-order valence-corrected chi connectivity index (χ3v) is 3.64. The Hall–Kier alpha value is -2.83. The van der Waals surface area contributed by atoms with E-state index in [0.29, 0.717) is 25.8 Å². The number of carbonyl (C=O) groups is 3. The predicted molar refractivity (Wildman–Crippen MR) is 99.0 cm³/mol. The molecule has 7 heteroatoms. The summed E-state index contributed by atoms with van der Waals surface area (Å²) in [7, 11) is 0. The zero-order valence-corrected chi connectivity index (χ0v) is 14.9. The highest BCUT2D eigenvalue weighted by Gasteiger charge is 2.15. The first-order valence-electron chi connectivity index (χ1n) is 8.67. The van der Waals surface area contributed by atoms with Crippen molar-refractivity contribution in [2.45, 2.75) is 44.8 Å². The van der Waals surface area contributed by atoms with Gasteiger partial charge in [-0.2, -0.15) is 0 Å². The van der Waals surface area contributed by atoms with Crippen molar-refractivity contribution in [2.75, 3.05) is 6.54 Å². The number of primary amides is 1. The SMILES string of the molecule is C=CC[C@H](NC(=O)CCCCCNC(=O)OCc1ccccc1)C(N)=O. The van der Waals surface area contributed by atoms with Crippen molar-refractivity contribution in [3.63, 3.8) is 0 Å². The number of rotatable bonds is 12. The topological polar surface area (TPSA) is 111 Å². The van der Waals surface area contributed by atoms with E-state index < -0.39 is 18.0 Å². The highest BCUT2D eigenvalue weighted by Crippen LogP contribution is 2.02. The van der Waals surface area contributed by atoms with Crippen molar-refractivity contribution in [1.29, 1.82) is 0 Å². The van der Waals surface area contributed by atoms with E-state index in [-0.39, 0.29) is 12.5 Å². The van der Waals surface area contributed by atoms with Crippen LogP contribution in [0, 0.1) is 0 Å². The maximum Gasteiger partial charge on any atom is 0.407 e. The molecule has 0 heterocycles. The Morgan fingerprint density at radius 3 is 2.54 bits per heavy atom. The number of carbonyl (C=O) groups excluding carboxylic acids is 3. The van der Waals surface area contributed by atoms with E-state index in [1.165, 1.54) is 6.08 Å². The summed E-state index contributed by atoms with van der Waals surface area (Å²) in [5.41, 5.74) is 6.13. The van der Waals surface area contributed by atoms with Gasteiger partial charge in [0.15, 0.2) is 0 Å². The van der Waals surface area contributed by atoms with Crippen molar-refractivity contribution in [3.8, 4) is 0 Å². The van der Waals surface area contributed by atoms with Gasteiger partial charge in [-0.05, 0) is 24.8 Å². The zero-order valence-electron chi connectivity index (χ0n) is 14.9. The molecule has 0 bridgehead atoms. The standard InChI is InChI=1S/C19H27N3O4/c1-2-9-16(18(20)24)22-17(23)12-7-4-8-13-21-19(25)26-14-15-10-5-3-6-11-15/h2-3,5-6,10-11,16H,1,4,7-9,12-14H2,(H2,20,24)(H,21,25)(H,22,23)/t16-/m0/s1. The maximum absolute atomic E-state index is 11.8. The van der Waals surface area contributed by atoms with Gasteiger partial charge in [-0.3, -0.25) is 9.59 Å². The summed E-state index contributed by atoms with van der Waals surface area (Å²) in [6.45, 7) is 4.24. The van der Waals surface area contributed by atoms with Gasteiger partial charge in [0, 0.05) is 13.0 Å². The molecule has 142 valence electrons. The van der Waals surface area contributed by atoms with E-state index in [1.54, 1.807) is 0 Å². The second-order valence-electron chi connectivity index (χ2n) is 5.85. The van der Waals surface area contributed by atoms with Gasteiger partial charge < -0.3 is 21.1 Å². The number of benzene rings is 1. The fourth-order valence-electron chi connectivity index (χ4n) is 2.23. The summed E-state index contributed by atoms with van der Waals surface area (Å²) < 4.78 is 5.10. The molecule has 26 heavy (non-hydrogen) atoms. The summed E-state index contributed by atoms with van der Waals surface area (Å²) in [6, 6.07) is 8.73. The molecule has 0 radical (unpaired) electrons. The largest absolute Gasteiger partial charge is 0.445 e. The minimum Gasteiger partial charge on any atom is -0.445 e. The van der Waals surface area contributed by atoms with Crippen LogP contribution in [0.1, 0.15) is 37.7 Å². The summed E-state index contributed by atoms with van der Waals surface area (Å²) in [5, 5.41) is 5.26. The van der Waals surface area contributed by atoms with Crippen LogP contribution >= 0.6 is 0 Å². The van der Waals surface area contributed by atoms with Crippen LogP contribution < -0.4 is 16.4 Å². The first kappa shape index (κ1) is 21.2. The number of hydrogen-bond donors (Lipinski definition) is 3. The molecule has 0 aliphatic rings. The lowest BCUT2D eigenvalue weighted by molar-refractivity contribution is -0.127. The second-order valence-corrected chi connectivity index (χ2v) is 5.85. The van der Waals surface area contributed by atoms with Crippen LogP contribution in [0.5, 0.6) is 0 Å². The molecule has 3 amide bonds. The van der Waals surface area contributed by atoms with E-state index >= 15 is 0 Å². The lowest BCUT2D eigenvalue weighted by Crippen LogP contribution is -2.44. The van der Waals surface area contributed by atoms with Gasteiger partial charge >= 0.3 is 6.09 Å². The minimum absolute atomic E-state index is 0.217. The molecule has 0 fully saturated rings. The maximum atomic E-state index is 11.8. The van der Waals surface area contributed by atoms with Crippen LogP contribution in [0.2, 0.25) is 0 Å². The van der Waals surface area contributed by atoms with Gasteiger partial charge in [-0.15, -0.1) is 6.58 Å². The van der Waals surface area contributed by atoms with Crippen molar-refractivity contribution in [2.24, 2.45) is 5.73 Å². The number of ether oxygens (including phenoxy) is 1. The lowest BCUT2D eigenvalue weighted by Gasteiger charge is -2.13. The quantitative estimate of drug-likeness (QED) is 0.391. The van der Waals surface area contributed by atoms with E-state index in [2.05, 4.69) is 17.2 Å². The third kappa shape index (κ3) is 9.46. The van der Waals surface area contributed by atoms with E-state index in [0.717, 1.165) is 18.4 Å². The molecule has 0 unspecified atom stereocenters. The highest BCUT2D eigenvalue weighted by molar-refractivity contribution is 5.86. The number of amides is 3. The van der Waals surface area contributed by atoms with E-state index in [9.17, 15) is 14.4 Å². The highest BCUT2D eigenvalue weighted by atomic mass is 16.5. The monoisotopic (exact) mass is 361 g/mol. The molecular weight excluding hydrogens is 334 g/mol. The summed E-state index contributed by atoms with van der Waals surface area (Å²) >= 11 is 0. The predicted octanol–water partition coefficient (Wildman–Crippen LogP) is 2.02. The number of unbranched alkanes of at least 4 members (excludes halogenated alkanes) is 2. The molecule has 0 saturated carbocycles. The molecule has 0 aliphatic heterocycles. The average Bonchev–Trinajstić information content (AvgIpc) is 2.63. The number of hydrogen-bond acceptors (Lipinski definition) is 4. The summed E-state index contributed by atoms with van der Waals surface area (Å²) in [6.07, 6.45) is 3.87. The Morgan fingerprint density at radius 1 is 1.15 bits per heavy atom. The van der Waals surface area contributed by atoms with Crippen LogP contribution in [0.15, 0.2) is 43.0 Å². The smallest absolute Gasteiger partial charge is 0.407 e. The number of alkyl carbamates (subject to hydrolysis) is 1. The normalized spacial score (nSPS) is 11.2. The van der Waals surface area contributed by atoms with E-state index in [4.69, 9.17) is 10.5 Å². The molecule has 1 rings (SSSR count). The van der Waals surface area contributed by atoms with Gasteiger partial charge in [-0.1, -0.05) is 42.8 Å². The molecule has 1 aromatic rings. The van der Waals surface area contributed by atoms with Crippen molar-refractivity contribution < 1.29 is 19.1 Å². The van der Waals surface area contributed by atoms with Gasteiger partial charge in [0.25, 0.3) is 0 Å². The molecule has 7 nitrogen and oxygen atoms in total. The van der Waals surface area contributed by atoms with Gasteiger partial charge in [0.2, 0.25) is 11.8 Å². The van der Waals surface area contributed by atoms with Crippen LogP contribution in [-0.4, -0.2) is 30.5 Å². The first-order valence-corrected chi connectivity index (χ1v) is 8.67. The molecule has 0 saturated heterocycles. The zero-order chi connectivity index (χ0) is 19.2. The first-order chi connectivity index (χ1) is 12.5. The molecule has 4 N–H and O–H groups in total. The molecule has 1 aromatic carbocycles. The molecule has 0 aromatic heterocycles. The van der Waals surface area contributed by atoms with Crippen molar-refractivity contribution in [3.05, 3.63) is 48.6 Å². The van der Waals surface area contributed by atoms with Crippen molar-refractivity contribution in [1.82, 2.24) is 10.6 Å². The van der Waals surface area contributed by atoms with Crippen LogP contribution in [0.25, 0.3) is 0 Å².